The number of benzene rings is 1. The van der Waals surface area contributed by atoms with E-state index in [0.29, 0.717) is 28.1 Å². The molecule has 0 amide bonds. The maximum Gasteiger partial charge on any atom is 0.175 e. The van der Waals surface area contributed by atoms with Gasteiger partial charge in [-0.25, -0.2) is 8.42 Å². The molecule has 2 rings (SSSR count). The van der Waals surface area contributed by atoms with Crippen molar-refractivity contribution >= 4 is 21.4 Å². The molecule has 19 heavy (non-hydrogen) atoms. The number of rotatable bonds is 4. The summed E-state index contributed by atoms with van der Waals surface area (Å²) in [6.45, 7) is 0.521. The Hall–Kier alpha value is -0.580. The summed E-state index contributed by atoms with van der Waals surface area (Å²) < 4.78 is 23.5. The van der Waals surface area contributed by atoms with Crippen LogP contribution in [0.2, 0.25) is 5.02 Å². The molecule has 1 aromatic rings. The fourth-order valence-electron chi connectivity index (χ4n) is 2.61. The Morgan fingerprint density at radius 1 is 1.26 bits per heavy atom. The first-order valence-electron chi connectivity index (χ1n) is 6.69. The third kappa shape index (κ3) is 3.94. The fourth-order valence-corrected chi connectivity index (χ4v) is 3.86. The van der Waals surface area contributed by atoms with Crippen LogP contribution in [0.25, 0.3) is 0 Å². The molecule has 0 aliphatic heterocycles. The number of nitrogens with one attached hydrogen (secondary N) is 1. The number of halogens is 1. The van der Waals surface area contributed by atoms with E-state index in [0.717, 1.165) is 0 Å². The number of hydrogen-bond acceptors (Lipinski definition) is 3. The van der Waals surface area contributed by atoms with E-state index < -0.39 is 9.84 Å². The molecule has 0 saturated heterocycles. The highest BCUT2D eigenvalue weighted by Gasteiger charge is 2.18. The van der Waals surface area contributed by atoms with E-state index in [1.165, 1.54) is 38.4 Å². The molecule has 5 heteroatoms. The van der Waals surface area contributed by atoms with Gasteiger partial charge in [-0.05, 0) is 25.0 Å². The summed E-state index contributed by atoms with van der Waals surface area (Å²) in [6.07, 6.45) is 7.36. The van der Waals surface area contributed by atoms with Gasteiger partial charge in [-0.1, -0.05) is 36.9 Å². The fraction of sp³-hybridized carbons (Fsp3) is 0.571. The Morgan fingerprint density at radius 3 is 2.58 bits per heavy atom. The van der Waals surface area contributed by atoms with Crippen molar-refractivity contribution in [1.29, 1.82) is 0 Å². The SMILES string of the molecule is CS(=O)(=O)c1cccc(Cl)c1CNC1CCCCC1. The first-order chi connectivity index (χ1) is 8.98. The molecular formula is C14H20ClNO2S. The van der Waals surface area contributed by atoms with Crippen LogP contribution in [0, 0.1) is 0 Å². The van der Waals surface area contributed by atoms with Crippen molar-refractivity contribution in [2.24, 2.45) is 0 Å². The lowest BCUT2D eigenvalue weighted by atomic mass is 9.95. The van der Waals surface area contributed by atoms with Crippen LogP contribution in [-0.4, -0.2) is 20.7 Å². The summed E-state index contributed by atoms with van der Waals surface area (Å²) in [5.74, 6) is 0. The van der Waals surface area contributed by atoms with Gasteiger partial charge in [0, 0.05) is 29.4 Å². The van der Waals surface area contributed by atoms with Gasteiger partial charge in [0.1, 0.15) is 0 Å². The molecule has 0 atom stereocenters. The predicted molar refractivity (Wildman–Crippen MR) is 78.3 cm³/mol. The van der Waals surface area contributed by atoms with E-state index in [2.05, 4.69) is 5.32 Å². The molecule has 0 aromatic heterocycles. The lowest BCUT2D eigenvalue weighted by Crippen LogP contribution is -2.31. The highest BCUT2D eigenvalue weighted by molar-refractivity contribution is 7.90. The van der Waals surface area contributed by atoms with Crippen molar-refractivity contribution in [3.05, 3.63) is 28.8 Å². The maximum absolute atomic E-state index is 11.8. The van der Waals surface area contributed by atoms with Gasteiger partial charge in [0.15, 0.2) is 9.84 Å². The number of hydrogen-bond donors (Lipinski definition) is 1. The van der Waals surface area contributed by atoms with Crippen LogP contribution in [-0.2, 0) is 16.4 Å². The minimum absolute atomic E-state index is 0.336. The molecule has 0 bridgehead atoms. The van der Waals surface area contributed by atoms with E-state index in [4.69, 9.17) is 11.6 Å². The number of sulfone groups is 1. The normalized spacial score (nSPS) is 17.6. The Bertz CT molecular complexity index is 536. The van der Waals surface area contributed by atoms with Gasteiger partial charge in [0.2, 0.25) is 0 Å². The monoisotopic (exact) mass is 301 g/mol. The van der Waals surface area contributed by atoms with Gasteiger partial charge >= 0.3 is 0 Å². The smallest absolute Gasteiger partial charge is 0.175 e. The van der Waals surface area contributed by atoms with Crippen molar-refractivity contribution < 1.29 is 8.42 Å². The summed E-state index contributed by atoms with van der Waals surface area (Å²) in [5, 5.41) is 3.96. The summed E-state index contributed by atoms with van der Waals surface area (Å²) in [4.78, 5) is 0.336. The van der Waals surface area contributed by atoms with Crippen molar-refractivity contribution in [3.8, 4) is 0 Å². The molecule has 1 saturated carbocycles. The van der Waals surface area contributed by atoms with Crippen molar-refractivity contribution in [2.45, 2.75) is 49.6 Å². The van der Waals surface area contributed by atoms with Crippen LogP contribution in [0.3, 0.4) is 0 Å². The van der Waals surface area contributed by atoms with Gasteiger partial charge in [-0.15, -0.1) is 0 Å². The Morgan fingerprint density at radius 2 is 1.95 bits per heavy atom. The predicted octanol–water partition coefficient (Wildman–Crippen LogP) is 3.17. The average molecular weight is 302 g/mol. The van der Waals surface area contributed by atoms with Crippen LogP contribution in [0.5, 0.6) is 0 Å². The van der Waals surface area contributed by atoms with Crippen LogP contribution in [0.4, 0.5) is 0 Å². The van der Waals surface area contributed by atoms with Crippen LogP contribution < -0.4 is 5.32 Å². The van der Waals surface area contributed by atoms with Gasteiger partial charge in [-0.2, -0.15) is 0 Å². The van der Waals surface area contributed by atoms with Crippen molar-refractivity contribution in [1.82, 2.24) is 5.32 Å². The summed E-state index contributed by atoms with van der Waals surface area (Å²) in [5.41, 5.74) is 0.692. The molecule has 3 nitrogen and oxygen atoms in total. The van der Waals surface area contributed by atoms with Gasteiger partial charge in [-0.3, -0.25) is 0 Å². The summed E-state index contributed by atoms with van der Waals surface area (Å²) in [6, 6.07) is 5.54. The zero-order valence-corrected chi connectivity index (χ0v) is 12.7. The third-order valence-corrected chi connectivity index (χ3v) is 5.18. The second kappa shape index (κ2) is 6.25. The van der Waals surface area contributed by atoms with Crippen LogP contribution >= 0.6 is 11.6 Å². The molecular weight excluding hydrogens is 282 g/mol. The van der Waals surface area contributed by atoms with E-state index in [1.807, 2.05) is 0 Å². The van der Waals surface area contributed by atoms with Gasteiger partial charge in [0.05, 0.1) is 4.90 Å². The zero-order valence-electron chi connectivity index (χ0n) is 11.2. The Balaban J connectivity index is 2.15. The molecule has 0 radical (unpaired) electrons. The first kappa shape index (κ1) is 14.8. The van der Waals surface area contributed by atoms with Crippen LogP contribution in [0.1, 0.15) is 37.7 Å². The van der Waals surface area contributed by atoms with Crippen molar-refractivity contribution in [3.63, 3.8) is 0 Å². The molecule has 0 heterocycles. The highest BCUT2D eigenvalue weighted by Crippen LogP contribution is 2.25. The second-order valence-electron chi connectivity index (χ2n) is 5.20. The quantitative estimate of drug-likeness (QED) is 0.929. The maximum atomic E-state index is 11.8. The summed E-state index contributed by atoms with van der Waals surface area (Å²) >= 11 is 6.15. The topological polar surface area (TPSA) is 46.2 Å². The first-order valence-corrected chi connectivity index (χ1v) is 8.96. The average Bonchev–Trinajstić information content (AvgIpc) is 2.37. The second-order valence-corrected chi connectivity index (χ2v) is 7.60. The zero-order chi connectivity index (χ0) is 13.9. The molecule has 1 aliphatic carbocycles. The van der Waals surface area contributed by atoms with Crippen LogP contribution in [0.15, 0.2) is 23.1 Å². The molecule has 106 valence electrons. The highest BCUT2D eigenvalue weighted by atomic mass is 35.5. The van der Waals surface area contributed by atoms with E-state index in [-0.39, 0.29) is 0 Å². The summed E-state index contributed by atoms with van der Waals surface area (Å²) in [7, 11) is -3.23. The largest absolute Gasteiger partial charge is 0.310 e. The standard InChI is InChI=1S/C14H20ClNO2S/c1-19(17,18)14-9-5-8-13(15)12(14)10-16-11-6-3-2-4-7-11/h5,8-9,11,16H,2-4,6-7,10H2,1H3. The third-order valence-electron chi connectivity index (χ3n) is 3.65. The molecule has 0 spiro atoms. The molecule has 1 aromatic carbocycles. The van der Waals surface area contributed by atoms with E-state index in [9.17, 15) is 8.42 Å². The molecule has 1 aliphatic rings. The molecule has 1 fully saturated rings. The van der Waals surface area contributed by atoms with Crippen molar-refractivity contribution in [2.75, 3.05) is 6.26 Å². The van der Waals surface area contributed by atoms with E-state index in [1.54, 1.807) is 18.2 Å². The lowest BCUT2D eigenvalue weighted by Gasteiger charge is -2.23. The van der Waals surface area contributed by atoms with Gasteiger partial charge in [0.25, 0.3) is 0 Å². The Kier molecular flexibility index (Phi) is 4.87. The van der Waals surface area contributed by atoms with Gasteiger partial charge < -0.3 is 5.32 Å². The molecule has 1 N–H and O–H groups in total. The Labute approximate surface area is 120 Å². The lowest BCUT2D eigenvalue weighted by molar-refractivity contribution is 0.371. The molecule has 0 unspecified atom stereocenters. The minimum Gasteiger partial charge on any atom is -0.310 e. The van der Waals surface area contributed by atoms with E-state index >= 15 is 0 Å². The minimum atomic E-state index is -3.23.